The first-order valence-corrected chi connectivity index (χ1v) is 9.80. The predicted octanol–water partition coefficient (Wildman–Crippen LogP) is 0.946. The molecule has 0 radical (unpaired) electrons. The Labute approximate surface area is 157 Å². The lowest BCUT2D eigenvalue weighted by molar-refractivity contribution is 0.0949. The fraction of sp³-hybridized carbons (Fsp3) is 0.167. The molecule has 1 heterocycles. The molecule has 3 aromatic rings. The molecule has 140 valence electrons. The van der Waals surface area contributed by atoms with Crippen LogP contribution in [0.2, 0.25) is 0 Å². The van der Waals surface area contributed by atoms with Crippen molar-refractivity contribution in [1.82, 2.24) is 20.3 Å². The van der Waals surface area contributed by atoms with E-state index in [1.165, 1.54) is 12.1 Å². The van der Waals surface area contributed by atoms with Crippen LogP contribution in [-0.4, -0.2) is 35.9 Å². The molecule has 9 heteroatoms. The van der Waals surface area contributed by atoms with Gasteiger partial charge in [0.1, 0.15) is 0 Å². The number of benzene rings is 2. The number of aromatic nitrogens is 3. The Balaban J connectivity index is 1.51. The highest BCUT2D eigenvalue weighted by Crippen LogP contribution is 2.09. The van der Waals surface area contributed by atoms with Gasteiger partial charge in [-0.15, -0.1) is 5.10 Å². The SMILES string of the molecule is NS(=O)(=O)c1ccc(CCNC(=O)c2cn(Cc3ccccc3)nn2)cc1. The molecule has 3 N–H and O–H groups in total. The van der Waals surface area contributed by atoms with Crippen molar-refractivity contribution in [2.24, 2.45) is 5.14 Å². The van der Waals surface area contributed by atoms with E-state index in [1.54, 1.807) is 23.0 Å². The summed E-state index contributed by atoms with van der Waals surface area (Å²) < 4.78 is 24.1. The quantitative estimate of drug-likeness (QED) is 0.627. The average molecular weight is 385 g/mol. The molecule has 0 aliphatic carbocycles. The third-order valence-corrected chi connectivity index (χ3v) is 4.84. The fourth-order valence-corrected chi connectivity index (χ4v) is 3.02. The highest BCUT2D eigenvalue weighted by Gasteiger charge is 2.11. The fourth-order valence-electron chi connectivity index (χ4n) is 2.51. The molecule has 0 spiro atoms. The zero-order chi connectivity index (χ0) is 19.3. The largest absolute Gasteiger partial charge is 0.350 e. The molecule has 0 aliphatic heterocycles. The Morgan fingerprint density at radius 2 is 1.74 bits per heavy atom. The van der Waals surface area contributed by atoms with E-state index in [0.717, 1.165) is 11.1 Å². The molecule has 0 saturated heterocycles. The Kier molecular flexibility index (Phi) is 5.63. The molecular weight excluding hydrogens is 366 g/mol. The van der Waals surface area contributed by atoms with Gasteiger partial charge in [-0.05, 0) is 29.7 Å². The topological polar surface area (TPSA) is 120 Å². The van der Waals surface area contributed by atoms with E-state index in [9.17, 15) is 13.2 Å². The Hall–Kier alpha value is -3.04. The zero-order valence-electron chi connectivity index (χ0n) is 14.4. The molecule has 0 unspecified atom stereocenters. The molecule has 0 bridgehead atoms. The van der Waals surface area contributed by atoms with Gasteiger partial charge in [-0.1, -0.05) is 47.7 Å². The standard InChI is InChI=1S/C18H19N5O3S/c19-27(25,26)16-8-6-14(7-9-16)10-11-20-18(24)17-13-23(22-21-17)12-15-4-2-1-3-5-15/h1-9,13H,10-12H2,(H,20,24)(H2,19,25,26). The van der Waals surface area contributed by atoms with Crippen molar-refractivity contribution in [3.8, 4) is 0 Å². The van der Waals surface area contributed by atoms with Crippen molar-refractivity contribution < 1.29 is 13.2 Å². The van der Waals surface area contributed by atoms with Crippen LogP contribution < -0.4 is 10.5 Å². The van der Waals surface area contributed by atoms with Crippen molar-refractivity contribution in [2.45, 2.75) is 17.9 Å². The van der Waals surface area contributed by atoms with Gasteiger partial charge in [0.15, 0.2) is 5.69 Å². The van der Waals surface area contributed by atoms with Crippen molar-refractivity contribution >= 4 is 15.9 Å². The summed E-state index contributed by atoms with van der Waals surface area (Å²) in [5, 5.41) is 15.7. The van der Waals surface area contributed by atoms with E-state index in [0.29, 0.717) is 19.5 Å². The van der Waals surface area contributed by atoms with Gasteiger partial charge in [0.2, 0.25) is 10.0 Å². The number of nitrogens with two attached hydrogens (primary N) is 1. The Bertz CT molecular complexity index is 1010. The van der Waals surface area contributed by atoms with Crippen molar-refractivity contribution in [1.29, 1.82) is 0 Å². The van der Waals surface area contributed by atoms with Crippen LogP contribution in [0.15, 0.2) is 65.7 Å². The summed E-state index contributed by atoms with van der Waals surface area (Å²) in [4.78, 5) is 12.2. The molecule has 8 nitrogen and oxygen atoms in total. The van der Waals surface area contributed by atoms with Gasteiger partial charge in [-0.3, -0.25) is 4.79 Å². The molecule has 27 heavy (non-hydrogen) atoms. The molecule has 0 aliphatic rings. The van der Waals surface area contributed by atoms with Crippen LogP contribution in [-0.2, 0) is 23.0 Å². The predicted molar refractivity (Wildman–Crippen MR) is 99.4 cm³/mol. The monoisotopic (exact) mass is 385 g/mol. The van der Waals surface area contributed by atoms with E-state index in [-0.39, 0.29) is 16.5 Å². The summed E-state index contributed by atoms with van der Waals surface area (Å²) >= 11 is 0. The lowest BCUT2D eigenvalue weighted by Gasteiger charge is -2.04. The number of nitrogens with zero attached hydrogens (tertiary/aromatic N) is 3. The molecule has 2 aromatic carbocycles. The molecule has 1 aromatic heterocycles. The number of sulfonamides is 1. The molecule has 0 fully saturated rings. The Morgan fingerprint density at radius 1 is 1.04 bits per heavy atom. The van der Waals surface area contributed by atoms with E-state index in [4.69, 9.17) is 5.14 Å². The van der Waals surface area contributed by atoms with Crippen LogP contribution >= 0.6 is 0 Å². The summed E-state index contributed by atoms with van der Waals surface area (Å²) in [5.41, 5.74) is 2.20. The number of nitrogens with one attached hydrogen (secondary N) is 1. The lowest BCUT2D eigenvalue weighted by Crippen LogP contribution is -2.26. The van der Waals surface area contributed by atoms with Crippen LogP contribution in [0.4, 0.5) is 0 Å². The number of hydrogen-bond donors (Lipinski definition) is 2. The van der Waals surface area contributed by atoms with Gasteiger partial charge in [0, 0.05) is 6.54 Å². The van der Waals surface area contributed by atoms with Crippen LogP contribution in [0, 0.1) is 0 Å². The minimum atomic E-state index is -3.70. The van der Waals surface area contributed by atoms with Crippen LogP contribution in [0.3, 0.4) is 0 Å². The summed E-state index contributed by atoms with van der Waals surface area (Å²) in [7, 11) is -3.70. The second kappa shape index (κ2) is 8.11. The number of primary sulfonamides is 1. The summed E-state index contributed by atoms with van der Waals surface area (Å²) in [6.45, 7) is 0.927. The third-order valence-electron chi connectivity index (χ3n) is 3.91. The minimum absolute atomic E-state index is 0.0605. The normalized spacial score (nSPS) is 11.3. The summed E-state index contributed by atoms with van der Waals surface area (Å²) in [6, 6.07) is 16.0. The number of carbonyl (C=O) groups excluding carboxylic acids is 1. The van der Waals surface area contributed by atoms with Gasteiger partial charge in [-0.25, -0.2) is 18.2 Å². The maximum Gasteiger partial charge on any atom is 0.273 e. The summed E-state index contributed by atoms with van der Waals surface area (Å²) in [5.74, 6) is -0.310. The second-order valence-corrected chi connectivity index (χ2v) is 7.54. The van der Waals surface area contributed by atoms with Crippen LogP contribution in [0.25, 0.3) is 0 Å². The number of hydrogen-bond acceptors (Lipinski definition) is 5. The lowest BCUT2D eigenvalue weighted by atomic mass is 10.1. The van der Waals surface area contributed by atoms with Gasteiger partial charge in [0.25, 0.3) is 5.91 Å². The molecule has 0 saturated carbocycles. The molecule has 0 atom stereocenters. The average Bonchev–Trinajstić information content (AvgIpc) is 3.11. The van der Waals surface area contributed by atoms with E-state index in [2.05, 4.69) is 15.6 Å². The van der Waals surface area contributed by atoms with E-state index in [1.807, 2.05) is 30.3 Å². The van der Waals surface area contributed by atoms with Gasteiger partial charge < -0.3 is 5.32 Å². The maximum atomic E-state index is 12.2. The third kappa shape index (κ3) is 5.22. The molecule has 3 rings (SSSR count). The first kappa shape index (κ1) is 18.7. The second-order valence-electron chi connectivity index (χ2n) is 5.98. The van der Waals surface area contributed by atoms with Gasteiger partial charge >= 0.3 is 0 Å². The smallest absolute Gasteiger partial charge is 0.273 e. The van der Waals surface area contributed by atoms with Crippen molar-refractivity contribution in [3.05, 3.63) is 77.6 Å². The first-order valence-electron chi connectivity index (χ1n) is 8.26. The van der Waals surface area contributed by atoms with Crippen LogP contribution in [0.5, 0.6) is 0 Å². The van der Waals surface area contributed by atoms with E-state index >= 15 is 0 Å². The minimum Gasteiger partial charge on any atom is -0.350 e. The maximum absolute atomic E-state index is 12.2. The number of carbonyl (C=O) groups is 1. The number of amides is 1. The molecule has 1 amide bonds. The zero-order valence-corrected chi connectivity index (χ0v) is 15.3. The van der Waals surface area contributed by atoms with Gasteiger partial charge in [0.05, 0.1) is 17.6 Å². The highest BCUT2D eigenvalue weighted by molar-refractivity contribution is 7.89. The molecular formula is C18H19N5O3S. The highest BCUT2D eigenvalue weighted by atomic mass is 32.2. The number of rotatable bonds is 7. The van der Waals surface area contributed by atoms with E-state index < -0.39 is 10.0 Å². The summed E-state index contributed by atoms with van der Waals surface area (Å²) in [6.07, 6.45) is 2.15. The van der Waals surface area contributed by atoms with Crippen molar-refractivity contribution in [3.63, 3.8) is 0 Å². The van der Waals surface area contributed by atoms with Crippen molar-refractivity contribution in [2.75, 3.05) is 6.54 Å². The van der Waals surface area contributed by atoms with Crippen LogP contribution in [0.1, 0.15) is 21.6 Å². The Morgan fingerprint density at radius 3 is 2.41 bits per heavy atom. The first-order chi connectivity index (χ1) is 12.9. The van der Waals surface area contributed by atoms with Gasteiger partial charge in [-0.2, -0.15) is 0 Å².